The Kier molecular flexibility index (Phi) is 13.2. The predicted octanol–water partition coefficient (Wildman–Crippen LogP) is 0.390. The zero-order chi connectivity index (χ0) is 28.6. The van der Waals surface area contributed by atoms with Crippen LogP contribution in [0.2, 0.25) is 0 Å². The number of ether oxygens (including phenoxy) is 4. The molecular formula is C27H38N6O7. The average Bonchev–Trinajstić information content (AvgIpc) is 3.27. The quantitative estimate of drug-likeness (QED) is 0.205. The van der Waals surface area contributed by atoms with E-state index in [2.05, 4.69) is 20.6 Å². The number of nitrogens with zero attached hydrogens (tertiary/aromatic N) is 3. The maximum absolute atomic E-state index is 12.7. The second-order valence-corrected chi connectivity index (χ2v) is 9.01. The minimum absolute atomic E-state index is 0.0600. The van der Waals surface area contributed by atoms with E-state index in [1.54, 1.807) is 42.5 Å². The molecule has 1 fully saturated rings. The van der Waals surface area contributed by atoms with E-state index in [9.17, 15) is 14.4 Å². The molecule has 0 bridgehead atoms. The smallest absolute Gasteiger partial charge is 0.248 e. The molecule has 3 heterocycles. The Labute approximate surface area is 233 Å². The molecule has 1 aliphatic heterocycles. The van der Waals surface area contributed by atoms with Gasteiger partial charge in [0.15, 0.2) is 0 Å². The highest BCUT2D eigenvalue weighted by Gasteiger charge is 2.42. The number of anilines is 1. The molecular weight excluding hydrogens is 520 g/mol. The number of hydrogen-bond acceptors (Lipinski definition) is 10. The highest BCUT2D eigenvalue weighted by Crippen LogP contribution is 2.36. The summed E-state index contributed by atoms with van der Waals surface area (Å²) >= 11 is 0. The molecule has 0 aromatic carbocycles. The van der Waals surface area contributed by atoms with Gasteiger partial charge in [0.25, 0.3) is 0 Å². The number of carbonyl (C=O) groups excluding carboxylic acids is 3. The third-order valence-corrected chi connectivity index (χ3v) is 6.21. The number of nitrogens with one attached hydrogen (secondary N) is 2. The number of likely N-dealkylation sites (tertiary alicyclic amines) is 1. The Morgan fingerprint density at radius 1 is 0.975 bits per heavy atom. The number of primary amides is 1. The van der Waals surface area contributed by atoms with Crippen LogP contribution >= 0.6 is 0 Å². The summed E-state index contributed by atoms with van der Waals surface area (Å²) in [6.45, 7) is 4.25. The monoisotopic (exact) mass is 558 g/mol. The SMILES string of the molecule is CN1C(=O)C[C@H](C(=O)NCCOCCOCCOCCOCCNc2cc(C(N)=O)ccn2)C1c1cccnc1. The first-order valence-corrected chi connectivity index (χ1v) is 13.2. The van der Waals surface area contributed by atoms with Crippen molar-refractivity contribution in [1.82, 2.24) is 20.2 Å². The number of nitrogens with two attached hydrogens (primary N) is 1. The Morgan fingerprint density at radius 2 is 1.62 bits per heavy atom. The fourth-order valence-corrected chi connectivity index (χ4v) is 4.18. The summed E-state index contributed by atoms with van der Waals surface area (Å²) in [6, 6.07) is 6.51. The fraction of sp³-hybridized carbons (Fsp3) is 0.519. The van der Waals surface area contributed by atoms with Gasteiger partial charge in [-0.25, -0.2) is 4.98 Å². The number of rotatable bonds is 19. The molecule has 1 aliphatic rings. The lowest BCUT2D eigenvalue weighted by Gasteiger charge is -2.24. The number of amides is 3. The van der Waals surface area contributed by atoms with Gasteiger partial charge in [-0.3, -0.25) is 19.4 Å². The van der Waals surface area contributed by atoms with Crippen LogP contribution in [-0.4, -0.2) is 106 Å². The van der Waals surface area contributed by atoms with E-state index in [4.69, 9.17) is 24.7 Å². The lowest BCUT2D eigenvalue weighted by atomic mass is 9.94. The highest BCUT2D eigenvalue weighted by atomic mass is 16.6. The molecule has 0 radical (unpaired) electrons. The van der Waals surface area contributed by atoms with E-state index < -0.39 is 11.8 Å². The van der Waals surface area contributed by atoms with Gasteiger partial charge in [0.1, 0.15) is 5.82 Å². The van der Waals surface area contributed by atoms with Crippen molar-refractivity contribution >= 4 is 23.5 Å². The standard InChI is InChI=1S/C27H38N6O7/c1-33-24(34)18-22(25(33)21-3-2-5-29-19-21)27(36)32-8-10-38-12-14-40-16-15-39-13-11-37-9-7-31-23-17-20(26(28)35)4-6-30-23/h2-6,17,19,22,25H,7-16,18H2,1H3,(H2,28,35)(H,30,31)(H,32,36)/t22-,25?/m0/s1. The van der Waals surface area contributed by atoms with Crippen LogP contribution in [0.15, 0.2) is 42.9 Å². The molecule has 13 heteroatoms. The van der Waals surface area contributed by atoms with Crippen LogP contribution in [0.4, 0.5) is 5.82 Å². The summed E-state index contributed by atoms with van der Waals surface area (Å²) in [6.07, 6.45) is 5.05. The molecule has 1 unspecified atom stereocenters. The molecule has 0 saturated carbocycles. The topological polar surface area (TPSA) is 167 Å². The second kappa shape index (κ2) is 17.1. The van der Waals surface area contributed by atoms with Gasteiger partial charge in [0, 0.05) is 50.7 Å². The molecule has 3 amide bonds. The average molecular weight is 559 g/mol. The first-order chi connectivity index (χ1) is 19.5. The van der Waals surface area contributed by atoms with Gasteiger partial charge < -0.3 is 40.2 Å². The summed E-state index contributed by atoms with van der Waals surface area (Å²) < 4.78 is 21.9. The molecule has 2 aromatic rings. The Bertz CT molecular complexity index is 1070. The molecule has 4 N–H and O–H groups in total. The minimum atomic E-state index is -0.500. The van der Waals surface area contributed by atoms with Crippen molar-refractivity contribution in [2.45, 2.75) is 12.5 Å². The number of pyridine rings is 2. The van der Waals surface area contributed by atoms with Crippen molar-refractivity contribution in [1.29, 1.82) is 0 Å². The third-order valence-electron chi connectivity index (χ3n) is 6.21. The summed E-state index contributed by atoms with van der Waals surface area (Å²) in [4.78, 5) is 45.9. The number of carbonyl (C=O) groups is 3. The Balaban J connectivity index is 1.12. The van der Waals surface area contributed by atoms with Crippen LogP contribution < -0.4 is 16.4 Å². The van der Waals surface area contributed by atoms with Gasteiger partial charge in [-0.2, -0.15) is 0 Å². The Hall–Kier alpha value is -3.65. The summed E-state index contributed by atoms with van der Waals surface area (Å²) in [7, 11) is 1.71. The van der Waals surface area contributed by atoms with Crippen molar-refractivity contribution in [3.63, 3.8) is 0 Å². The van der Waals surface area contributed by atoms with E-state index in [1.165, 1.54) is 6.20 Å². The first kappa shape index (κ1) is 30.9. The van der Waals surface area contributed by atoms with Crippen LogP contribution in [-0.2, 0) is 28.5 Å². The van der Waals surface area contributed by atoms with Gasteiger partial charge in [-0.15, -0.1) is 0 Å². The lowest BCUT2D eigenvalue weighted by molar-refractivity contribution is -0.128. The van der Waals surface area contributed by atoms with E-state index in [0.717, 1.165) is 5.56 Å². The minimum Gasteiger partial charge on any atom is -0.377 e. The molecule has 2 aromatic heterocycles. The summed E-state index contributed by atoms with van der Waals surface area (Å²) in [5.41, 5.74) is 6.49. The van der Waals surface area contributed by atoms with Crippen LogP contribution in [0.25, 0.3) is 0 Å². The molecule has 3 rings (SSSR count). The second-order valence-electron chi connectivity index (χ2n) is 9.01. The van der Waals surface area contributed by atoms with Crippen LogP contribution in [0.1, 0.15) is 28.4 Å². The normalized spacial score (nSPS) is 16.7. The first-order valence-electron chi connectivity index (χ1n) is 13.2. The van der Waals surface area contributed by atoms with Crippen molar-refractivity contribution in [3.05, 3.63) is 54.0 Å². The molecule has 0 spiro atoms. The van der Waals surface area contributed by atoms with Crippen molar-refractivity contribution < 1.29 is 33.3 Å². The summed E-state index contributed by atoms with van der Waals surface area (Å²) in [5, 5.41) is 5.92. The van der Waals surface area contributed by atoms with Gasteiger partial charge in [-0.05, 0) is 23.8 Å². The lowest BCUT2D eigenvalue weighted by Crippen LogP contribution is -2.36. The van der Waals surface area contributed by atoms with E-state index in [1.807, 2.05) is 6.07 Å². The maximum atomic E-state index is 12.7. The third kappa shape index (κ3) is 10.2. The Morgan fingerprint density at radius 3 is 2.25 bits per heavy atom. The van der Waals surface area contributed by atoms with Gasteiger partial charge in [-0.1, -0.05) is 6.07 Å². The predicted molar refractivity (Wildman–Crippen MR) is 145 cm³/mol. The molecule has 0 aliphatic carbocycles. The zero-order valence-electron chi connectivity index (χ0n) is 22.8. The molecule has 2 atom stereocenters. The van der Waals surface area contributed by atoms with E-state index in [0.29, 0.717) is 77.3 Å². The largest absolute Gasteiger partial charge is 0.377 e. The molecule has 218 valence electrons. The van der Waals surface area contributed by atoms with E-state index >= 15 is 0 Å². The highest BCUT2D eigenvalue weighted by molar-refractivity contribution is 5.93. The van der Waals surface area contributed by atoms with Gasteiger partial charge in [0.05, 0.1) is 64.8 Å². The fourth-order valence-electron chi connectivity index (χ4n) is 4.18. The van der Waals surface area contributed by atoms with Crippen molar-refractivity contribution in [2.75, 3.05) is 78.3 Å². The van der Waals surface area contributed by atoms with Gasteiger partial charge >= 0.3 is 0 Å². The van der Waals surface area contributed by atoms with Crippen LogP contribution in [0.5, 0.6) is 0 Å². The molecule has 1 saturated heterocycles. The molecule has 13 nitrogen and oxygen atoms in total. The maximum Gasteiger partial charge on any atom is 0.248 e. The zero-order valence-corrected chi connectivity index (χ0v) is 22.8. The number of aromatic nitrogens is 2. The number of hydrogen-bond donors (Lipinski definition) is 3. The van der Waals surface area contributed by atoms with Crippen LogP contribution in [0, 0.1) is 5.92 Å². The van der Waals surface area contributed by atoms with Crippen molar-refractivity contribution in [2.24, 2.45) is 11.7 Å². The van der Waals surface area contributed by atoms with Crippen molar-refractivity contribution in [3.8, 4) is 0 Å². The van der Waals surface area contributed by atoms with E-state index in [-0.39, 0.29) is 24.3 Å². The summed E-state index contributed by atoms with van der Waals surface area (Å²) in [5.74, 6) is -0.630. The van der Waals surface area contributed by atoms with Crippen LogP contribution in [0.3, 0.4) is 0 Å². The van der Waals surface area contributed by atoms with Gasteiger partial charge in [0.2, 0.25) is 17.7 Å². The molecule has 40 heavy (non-hydrogen) atoms.